The molecule has 2 unspecified atom stereocenters. The highest BCUT2D eigenvalue weighted by Gasteiger charge is 2.48. The monoisotopic (exact) mass is 383 g/mol. The number of hydrogen-bond donors (Lipinski definition) is 1. The van der Waals surface area contributed by atoms with Crippen LogP contribution >= 0.6 is 0 Å². The van der Waals surface area contributed by atoms with Gasteiger partial charge < -0.3 is 10.1 Å². The molecule has 152 valence electrons. The SMILES string of the molecule is CC(c1ccncc1)N1CCOC(CC(=O)NC2C3CC4CC(C3)CC2C4)C1. The summed E-state index contributed by atoms with van der Waals surface area (Å²) in [6.07, 6.45) is 11.0. The van der Waals surface area contributed by atoms with Crippen molar-refractivity contribution in [2.75, 3.05) is 19.7 Å². The van der Waals surface area contributed by atoms with Gasteiger partial charge in [0.05, 0.1) is 19.1 Å². The van der Waals surface area contributed by atoms with Crippen LogP contribution in [0.3, 0.4) is 0 Å². The average molecular weight is 384 g/mol. The van der Waals surface area contributed by atoms with Crippen LogP contribution in [0.15, 0.2) is 24.5 Å². The van der Waals surface area contributed by atoms with Gasteiger partial charge in [-0.15, -0.1) is 0 Å². The molecule has 0 spiro atoms. The Balaban J connectivity index is 1.15. The Hall–Kier alpha value is -1.46. The molecule has 1 aromatic rings. The van der Waals surface area contributed by atoms with Crippen LogP contribution in [0.4, 0.5) is 0 Å². The lowest BCUT2D eigenvalue weighted by molar-refractivity contribution is -0.130. The van der Waals surface area contributed by atoms with Crippen molar-refractivity contribution >= 4 is 5.91 Å². The van der Waals surface area contributed by atoms with Crippen molar-refractivity contribution in [3.63, 3.8) is 0 Å². The number of aromatic nitrogens is 1. The lowest BCUT2D eigenvalue weighted by Gasteiger charge is -2.54. The highest BCUT2D eigenvalue weighted by molar-refractivity contribution is 5.77. The van der Waals surface area contributed by atoms with Gasteiger partial charge in [0.1, 0.15) is 0 Å². The fraction of sp³-hybridized carbons (Fsp3) is 0.739. The second-order valence-electron chi connectivity index (χ2n) is 9.67. The molecule has 4 aliphatic carbocycles. The molecule has 2 heterocycles. The predicted molar refractivity (Wildman–Crippen MR) is 108 cm³/mol. The van der Waals surface area contributed by atoms with E-state index in [0.717, 1.165) is 36.8 Å². The maximum Gasteiger partial charge on any atom is 0.222 e. The van der Waals surface area contributed by atoms with Crippen LogP contribution in [0.1, 0.15) is 57.1 Å². The van der Waals surface area contributed by atoms with Gasteiger partial charge in [-0.1, -0.05) is 0 Å². The first-order valence-corrected chi connectivity index (χ1v) is 11.2. The number of morpholine rings is 1. The number of carbonyl (C=O) groups excluding carboxylic acids is 1. The minimum atomic E-state index is -0.00475. The van der Waals surface area contributed by atoms with E-state index in [4.69, 9.17) is 4.74 Å². The predicted octanol–water partition coefficient (Wildman–Crippen LogP) is 3.17. The van der Waals surface area contributed by atoms with Crippen LogP contribution in [0.5, 0.6) is 0 Å². The Morgan fingerprint density at radius 2 is 1.86 bits per heavy atom. The Labute approximate surface area is 168 Å². The number of rotatable bonds is 5. The fourth-order valence-corrected chi connectivity index (χ4v) is 6.68. The molecular weight excluding hydrogens is 350 g/mol. The highest BCUT2D eigenvalue weighted by Crippen LogP contribution is 2.53. The van der Waals surface area contributed by atoms with Gasteiger partial charge in [-0.2, -0.15) is 0 Å². The molecule has 5 nitrogen and oxygen atoms in total. The molecule has 4 saturated carbocycles. The Morgan fingerprint density at radius 3 is 2.54 bits per heavy atom. The molecule has 1 aliphatic heterocycles. The number of pyridine rings is 1. The summed E-state index contributed by atoms with van der Waals surface area (Å²) in [7, 11) is 0. The van der Waals surface area contributed by atoms with Crippen molar-refractivity contribution in [3.05, 3.63) is 30.1 Å². The number of carbonyl (C=O) groups is 1. The van der Waals surface area contributed by atoms with Crippen LogP contribution in [0.25, 0.3) is 0 Å². The molecule has 0 aromatic carbocycles. The molecule has 1 amide bonds. The minimum absolute atomic E-state index is 0.00475. The Kier molecular flexibility index (Phi) is 5.14. The Morgan fingerprint density at radius 1 is 1.18 bits per heavy atom. The summed E-state index contributed by atoms with van der Waals surface area (Å²) in [6.45, 7) is 4.66. The van der Waals surface area contributed by atoms with Gasteiger partial charge in [-0.3, -0.25) is 14.7 Å². The molecule has 1 N–H and O–H groups in total. The molecule has 1 saturated heterocycles. The molecule has 28 heavy (non-hydrogen) atoms. The van der Waals surface area contributed by atoms with E-state index in [-0.39, 0.29) is 12.0 Å². The molecule has 4 bridgehead atoms. The summed E-state index contributed by atoms with van der Waals surface area (Å²) < 4.78 is 5.96. The second-order valence-corrected chi connectivity index (χ2v) is 9.67. The van der Waals surface area contributed by atoms with Gasteiger partial charge in [0.2, 0.25) is 5.91 Å². The molecule has 5 fully saturated rings. The standard InChI is InChI=1S/C23H33N3O2/c1-15(18-2-4-24-5-3-18)26-6-7-28-21(14-26)13-22(27)25-23-19-9-16-8-17(11-19)12-20(23)10-16/h2-5,15-17,19-21,23H,6-14H2,1H3,(H,25,27). The van der Waals surface area contributed by atoms with E-state index in [1.165, 1.54) is 37.7 Å². The number of amides is 1. The normalized spacial score (nSPS) is 38.3. The zero-order valence-electron chi connectivity index (χ0n) is 16.9. The van der Waals surface area contributed by atoms with Gasteiger partial charge >= 0.3 is 0 Å². The summed E-state index contributed by atoms with van der Waals surface area (Å²) in [6, 6.07) is 4.90. The highest BCUT2D eigenvalue weighted by atomic mass is 16.5. The number of ether oxygens (including phenoxy) is 1. The summed E-state index contributed by atoms with van der Waals surface area (Å²) in [5.41, 5.74) is 1.27. The van der Waals surface area contributed by atoms with Crippen LogP contribution in [-0.2, 0) is 9.53 Å². The van der Waals surface area contributed by atoms with Crippen molar-refractivity contribution in [1.82, 2.24) is 15.2 Å². The van der Waals surface area contributed by atoms with Gasteiger partial charge in [-0.05, 0) is 80.4 Å². The van der Waals surface area contributed by atoms with Crippen molar-refractivity contribution in [1.29, 1.82) is 0 Å². The van der Waals surface area contributed by atoms with Gasteiger partial charge in [0.15, 0.2) is 0 Å². The lowest BCUT2D eigenvalue weighted by atomic mass is 9.54. The zero-order chi connectivity index (χ0) is 19.1. The largest absolute Gasteiger partial charge is 0.375 e. The summed E-state index contributed by atoms with van der Waals surface area (Å²) in [4.78, 5) is 19.4. The maximum atomic E-state index is 12.8. The summed E-state index contributed by atoms with van der Waals surface area (Å²) in [5, 5.41) is 3.44. The van der Waals surface area contributed by atoms with E-state index in [1.807, 2.05) is 12.4 Å². The molecular formula is C23H33N3O2. The van der Waals surface area contributed by atoms with Crippen LogP contribution in [-0.4, -0.2) is 47.6 Å². The number of hydrogen-bond acceptors (Lipinski definition) is 4. The quantitative estimate of drug-likeness (QED) is 0.849. The molecule has 1 aromatic heterocycles. The second kappa shape index (κ2) is 7.75. The zero-order valence-corrected chi connectivity index (χ0v) is 16.9. The van der Waals surface area contributed by atoms with Crippen LogP contribution in [0.2, 0.25) is 0 Å². The molecule has 5 heteroatoms. The average Bonchev–Trinajstić information content (AvgIpc) is 2.70. The first kappa shape index (κ1) is 18.6. The van der Waals surface area contributed by atoms with Gasteiger partial charge in [0, 0.05) is 37.6 Å². The number of nitrogens with one attached hydrogen (secondary N) is 1. The van der Waals surface area contributed by atoms with E-state index in [2.05, 4.69) is 34.3 Å². The third kappa shape index (κ3) is 3.71. The minimum Gasteiger partial charge on any atom is -0.375 e. The van der Waals surface area contributed by atoms with E-state index in [9.17, 15) is 4.79 Å². The third-order valence-electron chi connectivity index (χ3n) is 7.87. The van der Waals surface area contributed by atoms with Crippen molar-refractivity contribution in [2.24, 2.45) is 23.7 Å². The van der Waals surface area contributed by atoms with Crippen molar-refractivity contribution in [3.8, 4) is 0 Å². The topological polar surface area (TPSA) is 54.5 Å². The molecule has 2 atom stereocenters. The van der Waals surface area contributed by atoms with E-state index < -0.39 is 0 Å². The maximum absolute atomic E-state index is 12.8. The van der Waals surface area contributed by atoms with Crippen molar-refractivity contribution in [2.45, 2.75) is 63.6 Å². The third-order valence-corrected chi connectivity index (χ3v) is 7.87. The van der Waals surface area contributed by atoms with Gasteiger partial charge in [-0.25, -0.2) is 0 Å². The summed E-state index contributed by atoms with van der Waals surface area (Å²) >= 11 is 0. The van der Waals surface area contributed by atoms with E-state index >= 15 is 0 Å². The first-order valence-electron chi connectivity index (χ1n) is 11.2. The van der Waals surface area contributed by atoms with E-state index in [1.54, 1.807) is 0 Å². The van der Waals surface area contributed by atoms with E-state index in [0.29, 0.717) is 25.1 Å². The smallest absolute Gasteiger partial charge is 0.222 e. The van der Waals surface area contributed by atoms with Crippen LogP contribution < -0.4 is 5.32 Å². The van der Waals surface area contributed by atoms with Crippen LogP contribution in [0, 0.1) is 23.7 Å². The Bertz CT molecular complexity index is 666. The van der Waals surface area contributed by atoms with Gasteiger partial charge in [0.25, 0.3) is 0 Å². The number of nitrogens with zero attached hydrogens (tertiary/aromatic N) is 2. The molecule has 5 aliphatic rings. The first-order chi connectivity index (χ1) is 13.7. The molecule has 0 radical (unpaired) electrons. The molecule has 6 rings (SSSR count). The summed E-state index contributed by atoms with van der Waals surface area (Å²) in [5.74, 6) is 3.55. The fourth-order valence-electron chi connectivity index (χ4n) is 6.68. The lowest BCUT2D eigenvalue weighted by Crippen LogP contribution is -2.56. The van der Waals surface area contributed by atoms with Crippen molar-refractivity contribution < 1.29 is 9.53 Å².